The molecule has 1 aliphatic heterocycles. The van der Waals surface area contributed by atoms with Crippen LogP contribution >= 0.6 is 0 Å². The van der Waals surface area contributed by atoms with Gasteiger partial charge in [-0.3, -0.25) is 4.79 Å². The van der Waals surface area contributed by atoms with Gasteiger partial charge in [0, 0.05) is 17.5 Å². The first-order chi connectivity index (χ1) is 11.3. The number of carbonyl (C=O) groups is 1. The standard InChI is InChI=1S/C16H17NO6S/c1-10-6-16(19)23-14-3-2-12(7-13(10)14)22-8-15(18)17-11-4-5-24(20,21)9-11/h2-3,6-7,11H,4-5,8-9H2,1H3,(H,17,18). The molecule has 2 heterocycles. The first kappa shape index (κ1) is 16.5. The van der Waals surface area contributed by atoms with E-state index in [-0.39, 0.29) is 30.1 Å². The van der Waals surface area contributed by atoms with E-state index in [1.54, 1.807) is 25.1 Å². The van der Waals surface area contributed by atoms with Gasteiger partial charge in [-0.15, -0.1) is 0 Å². The summed E-state index contributed by atoms with van der Waals surface area (Å²) in [6.07, 6.45) is 0.433. The van der Waals surface area contributed by atoms with Crippen molar-refractivity contribution in [2.45, 2.75) is 19.4 Å². The average Bonchev–Trinajstić information content (AvgIpc) is 2.84. The van der Waals surface area contributed by atoms with Gasteiger partial charge in [-0.25, -0.2) is 13.2 Å². The maximum Gasteiger partial charge on any atom is 0.336 e. The molecule has 3 rings (SSSR count). The molecule has 1 aliphatic rings. The highest BCUT2D eigenvalue weighted by atomic mass is 32.2. The van der Waals surface area contributed by atoms with Crippen LogP contribution in [0.15, 0.2) is 33.5 Å². The molecule has 1 fully saturated rings. The van der Waals surface area contributed by atoms with Crippen molar-refractivity contribution in [1.29, 1.82) is 0 Å². The van der Waals surface area contributed by atoms with Crippen LogP contribution in [-0.2, 0) is 14.6 Å². The topological polar surface area (TPSA) is 103 Å². The third-order valence-corrected chi connectivity index (χ3v) is 5.66. The molecule has 0 bridgehead atoms. The fraction of sp³-hybridized carbons (Fsp3) is 0.375. The van der Waals surface area contributed by atoms with Crippen LogP contribution in [0.1, 0.15) is 12.0 Å². The van der Waals surface area contributed by atoms with Gasteiger partial charge in [0.15, 0.2) is 16.4 Å². The van der Waals surface area contributed by atoms with Crippen molar-refractivity contribution < 1.29 is 22.4 Å². The van der Waals surface area contributed by atoms with Crippen molar-refractivity contribution in [2.24, 2.45) is 0 Å². The number of benzene rings is 1. The lowest BCUT2D eigenvalue weighted by Crippen LogP contribution is -2.38. The van der Waals surface area contributed by atoms with Gasteiger partial charge in [0.05, 0.1) is 11.5 Å². The summed E-state index contributed by atoms with van der Waals surface area (Å²) in [4.78, 5) is 23.2. The molecule has 1 N–H and O–H groups in total. The third-order valence-electron chi connectivity index (χ3n) is 3.89. The summed E-state index contributed by atoms with van der Waals surface area (Å²) in [5.41, 5.74) is 0.792. The van der Waals surface area contributed by atoms with Crippen molar-refractivity contribution in [3.8, 4) is 5.75 Å². The van der Waals surface area contributed by atoms with Gasteiger partial charge in [0.1, 0.15) is 11.3 Å². The van der Waals surface area contributed by atoms with Gasteiger partial charge in [-0.2, -0.15) is 0 Å². The minimum absolute atomic E-state index is 0.0209. The van der Waals surface area contributed by atoms with Crippen molar-refractivity contribution in [1.82, 2.24) is 5.32 Å². The molecule has 0 saturated carbocycles. The Kier molecular flexibility index (Phi) is 4.31. The lowest BCUT2D eigenvalue weighted by atomic mass is 10.1. The number of sulfone groups is 1. The maximum absolute atomic E-state index is 11.9. The molecular weight excluding hydrogens is 334 g/mol. The minimum atomic E-state index is -3.03. The Balaban J connectivity index is 1.63. The zero-order chi connectivity index (χ0) is 17.3. The third kappa shape index (κ3) is 3.76. The maximum atomic E-state index is 11.9. The summed E-state index contributed by atoms with van der Waals surface area (Å²) >= 11 is 0. The van der Waals surface area contributed by atoms with E-state index in [0.717, 1.165) is 10.9 Å². The molecule has 7 nitrogen and oxygen atoms in total. The lowest BCUT2D eigenvalue weighted by Gasteiger charge is -2.12. The van der Waals surface area contributed by atoms with Gasteiger partial charge >= 0.3 is 5.63 Å². The number of carbonyl (C=O) groups excluding carboxylic acids is 1. The fourth-order valence-electron chi connectivity index (χ4n) is 2.72. The van der Waals surface area contributed by atoms with Crippen LogP contribution in [0.3, 0.4) is 0 Å². The molecule has 1 saturated heterocycles. The number of nitrogens with one attached hydrogen (secondary N) is 1. The van der Waals surface area contributed by atoms with E-state index >= 15 is 0 Å². The Bertz CT molecular complexity index is 947. The first-order valence-corrected chi connectivity index (χ1v) is 9.32. The number of hydrogen-bond donors (Lipinski definition) is 1. The Morgan fingerprint density at radius 1 is 1.38 bits per heavy atom. The predicted octanol–water partition coefficient (Wildman–Crippen LogP) is 0.784. The quantitative estimate of drug-likeness (QED) is 0.817. The van der Waals surface area contributed by atoms with Crippen LogP contribution in [0.4, 0.5) is 0 Å². The Hall–Kier alpha value is -2.35. The second kappa shape index (κ2) is 6.27. The Morgan fingerprint density at radius 3 is 2.88 bits per heavy atom. The van der Waals surface area contributed by atoms with E-state index in [9.17, 15) is 18.0 Å². The molecular formula is C16H17NO6S. The Labute approximate surface area is 138 Å². The Morgan fingerprint density at radius 2 is 2.17 bits per heavy atom. The van der Waals surface area contributed by atoms with Gasteiger partial charge < -0.3 is 14.5 Å². The first-order valence-electron chi connectivity index (χ1n) is 7.49. The van der Waals surface area contributed by atoms with Crippen LogP contribution in [0.2, 0.25) is 0 Å². The minimum Gasteiger partial charge on any atom is -0.484 e. The second-order valence-electron chi connectivity index (χ2n) is 5.86. The zero-order valence-electron chi connectivity index (χ0n) is 13.1. The number of fused-ring (bicyclic) bond motifs is 1. The average molecular weight is 351 g/mol. The fourth-order valence-corrected chi connectivity index (χ4v) is 4.39. The van der Waals surface area contributed by atoms with E-state index in [1.165, 1.54) is 6.07 Å². The number of rotatable bonds is 4. The second-order valence-corrected chi connectivity index (χ2v) is 8.09. The lowest BCUT2D eigenvalue weighted by molar-refractivity contribution is -0.123. The van der Waals surface area contributed by atoms with Crippen molar-refractivity contribution in [3.63, 3.8) is 0 Å². The van der Waals surface area contributed by atoms with E-state index in [1.807, 2.05) is 0 Å². The van der Waals surface area contributed by atoms with Crippen LogP contribution in [-0.4, -0.2) is 38.5 Å². The normalized spacial score (nSPS) is 19.3. The molecule has 0 spiro atoms. The van der Waals surface area contributed by atoms with Crippen molar-refractivity contribution in [3.05, 3.63) is 40.2 Å². The molecule has 1 unspecified atom stereocenters. The molecule has 1 amide bonds. The smallest absolute Gasteiger partial charge is 0.336 e. The molecule has 0 radical (unpaired) electrons. The van der Waals surface area contributed by atoms with E-state index in [2.05, 4.69) is 5.32 Å². The van der Waals surface area contributed by atoms with E-state index in [0.29, 0.717) is 17.8 Å². The molecule has 24 heavy (non-hydrogen) atoms. The van der Waals surface area contributed by atoms with Crippen LogP contribution < -0.4 is 15.7 Å². The molecule has 1 aromatic heterocycles. The largest absolute Gasteiger partial charge is 0.484 e. The highest BCUT2D eigenvalue weighted by Crippen LogP contribution is 2.22. The molecule has 0 aliphatic carbocycles. The zero-order valence-corrected chi connectivity index (χ0v) is 13.9. The SMILES string of the molecule is Cc1cc(=O)oc2ccc(OCC(=O)NC3CCS(=O)(=O)C3)cc12. The summed E-state index contributed by atoms with van der Waals surface area (Å²) in [7, 11) is -3.03. The highest BCUT2D eigenvalue weighted by molar-refractivity contribution is 7.91. The molecule has 1 atom stereocenters. The van der Waals surface area contributed by atoms with Gasteiger partial charge in [-0.1, -0.05) is 0 Å². The van der Waals surface area contributed by atoms with Crippen LogP contribution in [0.5, 0.6) is 5.75 Å². The van der Waals surface area contributed by atoms with Gasteiger partial charge in [0.2, 0.25) is 0 Å². The summed E-state index contributed by atoms with van der Waals surface area (Å²) in [5.74, 6) is 0.183. The highest BCUT2D eigenvalue weighted by Gasteiger charge is 2.28. The summed E-state index contributed by atoms with van der Waals surface area (Å²) in [6, 6.07) is 5.96. The monoisotopic (exact) mass is 351 g/mol. The summed E-state index contributed by atoms with van der Waals surface area (Å²) in [6.45, 7) is 1.58. The van der Waals surface area contributed by atoms with Gasteiger partial charge in [0.25, 0.3) is 5.91 Å². The summed E-state index contributed by atoms with van der Waals surface area (Å²) in [5, 5.41) is 3.39. The summed E-state index contributed by atoms with van der Waals surface area (Å²) < 4.78 is 33.3. The van der Waals surface area contributed by atoms with Crippen LogP contribution in [0.25, 0.3) is 11.0 Å². The number of ether oxygens (including phenoxy) is 1. The van der Waals surface area contributed by atoms with Gasteiger partial charge in [-0.05, 0) is 37.1 Å². The van der Waals surface area contributed by atoms with Crippen molar-refractivity contribution in [2.75, 3.05) is 18.1 Å². The number of hydrogen-bond acceptors (Lipinski definition) is 6. The molecule has 2 aromatic rings. The molecule has 128 valence electrons. The predicted molar refractivity (Wildman–Crippen MR) is 87.9 cm³/mol. The molecule has 1 aromatic carbocycles. The van der Waals surface area contributed by atoms with E-state index in [4.69, 9.17) is 9.15 Å². The van der Waals surface area contributed by atoms with E-state index < -0.39 is 15.5 Å². The number of aryl methyl sites for hydroxylation is 1. The van der Waals surface area contributed by atoms with Crippen molar-refractivity contribution >= 4 is 26.7 Å². The molecule has 8 heteroatoms. The number of amides is 1. The van der Waals surface area contributed by atoms with Crippen LogP contribution in [0, 0.1) is 6.92 Å².